The van der Waals surface area contributed by atoms with E-state index in [-0.39, 0.29) is 29.8 Å². The number of rotatable bonds is 12. The summed E-state index contributed by atoms with van der Waals surface area (Å²) >= 11 is 1.57. The van der Waals surface area contributed by atoms with E-state index in [1.165, 1.54) is 12.7 Å². The summed E-state index contributed by atoms with van der Waals surface area (Å²) in [6.07, 6.45) is 1.31. The lowest BCUT2D eigenvalue weighted by Crippen LogP contribution is -2.48. The molecule has 0 aliphatic carbocycles. The van der Waals surface area contributed by atoms with E-state index in [0.29, 0.717) is 36.4 Å². The molecule has 1 aliphatic heterocycles. The minimum absolute atomic E-state index is 0.0434. The van der Waals surface area contributed by atoms with E-state index in [1.807, 2.05) is 47.5 Å². The summed E-state index contributed by atoms with van der Waals surface area (Å²) in [5, 5.41) is 20.8. The number of aromatic nitrogens is 1. The Hall–Kier alpha value is -4.05. The molecule has 1 aromatic heterocycles. The third-order valence-corrected chi connectivity index (χ3v) is 9.71. The third-order valence-electron chi connectivity index (χ3n) is 8.64. The lowest BCUT2D eigenvalue weighted by Gasteiger charge is -2.26. The first-order valence-corrected chi connectivity index (χ1v) is 17.1. The summed E-state index contributed by atoms with van der Waals surface area (Å²) in [6, 6.07) is 22.5. The molecule has 9 heteroatoms. The van der Waals surface area contributed by atoms with Crippen molar-refractivity contribution in [2.24, 2.45) is 0 Å². The molecule has 0 bridgehead atoms. The highest BCUT2D eigenvalue weighted by Gasteiger charge is 2.33. The molecule has 1 fully saturated rings. The van der Waals surface area contributed by atoms with E-state index in [9.17, 15) is 14.7 Å². The number of nitrogens with one attached hydrogen (secondary N) is 2. The maximum Gasteiger partial charge on any atom is 0.254 e. The van der Waals surface area contributed by atoms with Crippen molar-refractivity contribution in [2.45, 2.75) is 77.1 Å². The van der Waals surface area contributed by atoms with Crippen LogP contribution in [0, 0.1) is 6.92 Å². The monoisotopic (exact) mass is 654 g/mol. The first-order chi connectivity index (χ1) is 22.5. The molecule has 1 saturated heterocycles. The second-order valence-corrected chi connectivity index (χ2v) is 14.2. The molecule has 248 valence electrons. The SMILES string of the molecule is COc1cc(C(=O)N[C@@H](Cc2ccccc2)[C@H](O)CNCc2cccc(C(C)(C)C)c2)cc(C(=O)N2CCC[C@@H]2c2nc(C)cs2)c1. The number of nitrogens with zero attached hydrogens (tertiary/aromatic N) is 2. The quantitative estimate of drug-likeness (QED) is 0.168. The number of hydrogen-bond acceptors (Lipinski definition) is 7. The summed E-state index contributed by atoms with van der Waals surface area (Å²) < 4.78 is 5.53. The Kier molecular flexibility index (Phi) is 11.1. The standard InChI is InChI=1S/C38H46N4O4S/c1-25-24-47-36(40-25)33-15-10-16-42(33)37(45)29-19-28(20-31(21-29)46-5)35(44)41-32(18-26-11-7-6-8-12-26)34(43)23-39-22-27-13-9-14-30(17-27)38(2,3)4/h6-9,11-14,17,19-21,24,32-34,39,43H,10,15-16,18,22-23H2,1-5H3,(H,41,44)/t32-,33+,34+/m0/s1. The van der Waals surface area contributed by atoms with Crippen LogP contribution in [0.4, 0.5) is 0 Å². The van der Waals surface area contributed by atoms with Gasteiger partial charge in [0.2, 0.25) is 0 Å². The molecule has 0 radical (unpaired) electrons. The minimum atomic E-state index is -0.872. The summed E-state index contributed by atoms with van der Waals surface area (Å²) in [5.41, 5.74) is 5.05. The summed E-state index contributed by atoms with van der Waals surface area (Å²) in [6.45, 7) is 10.0. The average molecular weight is 655 g/mol. The van der Waals surface area contributed by atoms with Gasteiger partial charge in [-0.05, 0) is 66.5 Å². The molecule has 0 saturated carbocycles. The van der Waals surface area contributed by atoms with Crippen LogP contribution in [-0.4, -0.2) is 59.1 Å². The van der Waals surface area contributed by atoms with Gasteiger partial charge in [0.1, 0.15) is 10.8 Å². The second kappa shape index (κ2) is 15.2. The van der Waals surface area contributed by atoms with Crippen molar-refractivity contribution in [2.75, 3.05) is 20.2 Å². The predicted octanol–water partition coefficient (Wildman–Crippen LogP) is 6.23. The normalized spacial score (nSPS) is 16.1. The number of ether oxygens (including phenoxy) is 1. The van der Waals surface area contributed by atoms with Gasteiger partial charge in [-0.3, -0.25) is 9.59 Å². The van der Waals surface area contributed by atoms with Gasteiger partial charge in [-0.15, -0.1) is 11.3 Å². The number of benzene rings is 3. The summed E-state index contributed by atoms with van der Waals surface area (Å²) in [7, 11) is 1.52. The molecule has 2 heterocycles. The molecule has 5 rings (SSSR count). The van der Waals surface area contributed by atoms with E-state index < -0.39 is 12.1 Å². The molecule has 8 nitrogen and oxygen atoms in total. The smallest absolute Gasteiger partial charge is 0.254 e. The molecule has 47 heavy (non-hydrogen) atoms. The number of aliphatic hydroxyl groups excluding tert-OH is 1. The largest absolute Gasteiger partial charge is 0.497 e. The lowest BCUT2D eigenvalue weighted by atomic mass is 9.86. The Bertz CT molecular complexity index is 1670. The molecule has 3 atom stereocenters. The second-order valence-electron chi connectivity index (χ2n) is 13.4. The number of aryl methyl sites for hydroxylation is 1. The van der Waals surface area contributed by atoms with Crippen molar-refractivity contribution in [3.8, 4) is 5.75 Å². The van der Waals surface area contributed by atoms with Crippen LogP contribution in [-0.2, 0) is 18.4 Å². The molecule has 0 unspecified atom stereocenters. The van der Waals surface area contributed by atoms with Gasteiger partial charge in [-0.2, -0.15) is 0 Å². The van der Waals surface area contributed by atoms with Gasteiger partial charge in [0, 0.05) is 41.8 Å². The Morgan fingerprint density at radius 1 is 1.04 bits per heavy atom. The fraction of sp³-hybridized carbons (Fsp3) is 0.395. The van der Waals surface area contributed by atoms with E-state index in [2.05, 4.69) is 60.7 Å². The number of carbonyl (C=O) groups is 2. The molecule has 2 amide bonds. The van der Waals surface area contributed by atoms with Crippen molar-refractivity contribution in [3.05, 3.63) is 117 Å². The zero-order valence-corrected chi connectivity index (χ0v) is 28.8. The van der Waals surface area contributed by atoms with Crippen LogP contribution in [0.15, 0.2) is 78.2 Å². The van der Waals surface area contributed by atoms with Gasteiger partial charge in [-0.1, -0.05) is 75.4 Å². The van der Waals surface area contributed by atoms with E-state index in [4.69, 9.17) is 4.74 Å². The fourth-order valence-corrected chi connectivity index (χ4v) is 6.93. The van der Waals surface area contributed by atoms with Crippen LogP contribution in [0.3, 0.4) is 0 Å². The van der Waals surface area contributed by atoms with E-state index in [0.717, 1.165) is 34.7 Å². The molecule has 3 aromatic carbocycles. The first kappa shape index (κ1) is 34.3. The molecular formula is C38H46N4O4S. The number of likely N-dealkylation sites (tertiary alicyclic amines) is 1. The van der Waals surface area contributed by atoms with Crippen molar-refractivity contribution in [1.29, 1.82) is 0 Å². The van der Waals surface area contributed by atoms with Gasteiger partial charge < -0.3 is 25.4 Å². The zero-order valence-electron chi connectivity index (χ0n) is 28.0. The van der Waals surface area contributed by atoms with Crippen LogP contribution in [0.5, 0.6) is 5.75 Å². The first-order valence-electron chi connectivity index (χ1n) is 16.3. The zero-order chi connectivity index (χ0) is 33.6. The van der Waals surface area contributed by atoms with E-state index in [1.54, 1.807) is 29.5 Å². The number of carbonyl (C=O) groups excluding carboxylic acids is 2. The summed E-state index contributed by atoms with van der Waals surface area (Å²) in [5.74, 6) is -0.126. The van der Waals surface area contributed by atoms with Crippen molar-refractivity contribution >= 4 is 23.2 Å². The topological polar surface area (TPSA) is 104 Å². The highest BCUT2D eigenvalue weighted by molar-refractivity contribution is 7.09. The lowest BCUT2D eigenvalue weighted by molar-refractivity contribution is 0.0735. The Balaban J connectivity index is 1.31. The Morgan fingerprint density at radius 2 is 1.79 bits per heavy atom. The number of thiazole rings is 1. The van der Waals surface area contributed by atoms with Gasteiger partial charge in [0.15, 0.2) is 0 Å². The number of hydrogen-bond donors (Lipinski definition) is 3. The van der Waals surface area contributed by atoms with Gasteiger partial charge in [0.05, 0.1) is 25.3 Å². The van der Waals surface area contributed by atoms with Crippen molar-refractivity contribution in [1.82, 2.24) is 20.5 Å². The van der Waals surface area contributed by atoms with Gasteiger partial charge >= 0.3 is 0 Å². The third kappa shape index (κ3) is 8.86. The molecule has 3 N–H and O–H groups in total. The average Bonchev–Trinajstić information content (AvgIpc) is 3.73. The van der Waals surface area contributed by atoms with Gasteiger partial charge in [0.25, 0.3) is 11.8 Å². The van der Waals surface area contributed by atoms with Crippen LogP contribution < -0.4 is 15.4 Å². The molecule has 4 aromatic rings. The van der Waals surface area contributed by atoms with Crippen LogP contribution >= 0.6 is 11.3 Å². The van der Waals surface area contributed by atoms with Crippen LogP contribution in [0.25, 0.3) is 0 Å². The number of methoxy groups -OCH3 is 1. The van der Waals surface area contributed by atoms with Crippen molar-refractivity contribution < 1.29 is 19.4 Å². The van der Waals surface area contributed by atoms with Crippen LogP contribution in [0.1, 0.15) is 87.8 Å². The Morgan fingerprint density at radius 3 is 2.49 bits per heavy atom. The number of amides is 2. The predicted molar refractivity (Wildman–Crippen MR) is 187 cm³/mol. The maximum atomic E-state index is 13.8. The van der Waals surface area contributed by atoms with Crippen LogP contribution in [0.2, 0.25) is 0 Å². The molecule has 1 aliphatic rings. The summed E-state index contributed by atoms with van der Waals surface area (Å²) in [4.78, 5) is 34.1. The van der Waals surface area contributed by atoms with E-state index >= 15 is 0 Å². The number of aliphatic hydroxyl groups is 1. The highest BCUT2D eigenvalue weighted by atomic mass is 32.1. The molecule has 0 spiro atoms. The highest BCUT2D eigenvalue weighted by Crippen LogP contribution is 2.35. The maximum absolute atomic E-state index is 13.8. The molecular weight excluding hydrogens is 609 g/mol. The fourth-order valence-electron chi connectivity index (χ4n) is 5.99. The Labute approximate surface area is 282 Å². The van der Waals surface area contributed by atoms with Crippen molar-refractivity contribution in [3.63, 3.8) is 0 Å². The van der Waals surface area contributed by atoms with Gasteiger partial charge in [-0.25, -0.2) is 4.98 Å². The minimum Gasteiger partial charge on any atom is -0.497 e.